The third-order valence-corrected chi connectivity index (χ3v) is 4.60. The summed E-state index contributed by atoms with van der Waals surface area (Å²) in [4.78, 5) is 6.42. The first kappa shape index (κ1) is 18.2. The fourth-order valence-corrected chi connectivity index (χ4v) is 3.14. The third kappa shape index (κ3) is 4.74. The fraction of sp³-hybridized carbons (Fsp3) is 0.526. The Morgan fingerprint density at radius 2 is 2.08 bits per heavy atom. The molecule has 7 heteroatoms. The molecule has 0 aliphatic carbocycles. The quantitative estimate of drug-likeness (QED) is 0.634. The van der Waals surface area contributed by atoms with Crippen LogP contribution in [0.5, 0.6) is 5.75 Å². The van der Waals surface area contributed by atoms with E-state index in [1.807, 2.05) is 37.4 Å². The number of aryl methyl sites for hydroxylation is 1. The van der Waals surface area contributed by atoms with Gasteiger partial charge in [0.05, 0.1) is 13.1 Å². The van der Waals surface area contributed by atoms with Gasteiger partial charge in [-0.05, 0) is 25.0 Å². The molecule has 140 valence electrons. The summed E-state index contributed by atoms with van der Waals surface area (Å²) in [6, 6.07) is 9.85. The molecule has 1 aliphatic rings. The number of aliphatic imine (C=N–C) groups is 1. The highest BCUT2D eigenvalue weighted by Gasteiger charge is 2.15. The van der Waals surface area contributed by atoms with Crippen molar-refractivity contribution in [2.75, 3.05) is 27.2 Å². The van der Waals surface area contributed by atoms with Crippen LogP contribution in [0, 0.1) is 0 Å². The number of nitrogens with zero attached hydrogens (tertiary/aromatic N) is 5. The topological polar surface area (TPSA) is 67.6 Å². The summed E-state index contributed by atoms with van der Waals surface area (Å²) in [6.07, 6.45) is 4.70. The Morgan fingerprint density at radius 1 is 1.23 bits per heavy atom. The number of likely N-dealkylation sites (N-methyl/N-ethyl adjacent to an activating group) is 1. The van der Waals surface area contributed by atoms with Crippen LogP contribution in [-0.2, 0) is 19.5 Å². The Bertz CT molecular complexity index is 712. The highest BCUT2D eigenvalue weighted by atomic mass is 16.5. The molecule has 1 aromatic carbocycles. The molecule has 2 aromatic rings. The molecule has 0 amide bonds. The number of fused-ring (bicyclic) bond motifs is 1. The number of aromatic nitrogens is 3. The van der Waals surface area contributed by atoms with Crippen molar-refractivity contribution in [2.45, 2.75) is 38.8 Å². The lowest BCUT2D eigenvalue weighted by molar-refractivity contribution is 0.281. The van der Waals surface area contributed by atoms with Gasteiger partial charge in [0, 0.05) is 27.1 Å². The average molecular weight is 356 g/mol. The molecule has 0 spiro atoms. The van der Waals surface area contributed by atoms with E-state index in [0.717, 1.165) is 42.9 Å². The van der Waals surface area contributed by atoms with Crippen molar-refractivity contribution < 1.29 is 4.74 Å². The number of benzene rings is 1. The average Bonchev–Trinajstić information content (AvgIpc) is 2.89. The minimum absolute atomic E-state index is 0.599. The molecule has 0 bridgehead atoms. The maximum atomic E-state index is 5.76. The molecular formula is C19H28N6O. The fourth-order valence-electron chi connectivity index (χ4n) is 3.14. The highest BCUT2D eigenvalue weighted by Crippen LogP contribution is 2.14. The van der Waals surface area contributed by atoms with Gasteiger partial charge < -0.3 is 19.5 Å². The van der Waals surface area contributed by atoms with Crippen LogP contribution in [0.4, 0.5) is 0 Å². The van der Waals surface area contributed by atoms with Crippen molar-refractivity contribution in [3.8, 4) is 5.75 Å². The molecule has 26 heavy (non-hydrogen) atoms. The minimum Gasteiger partial charge on any atom is -0.492 e. The summed E-state index contributed by atoms with van der Waals surface area (Å²) < 4.78 is 8.01. The lowest BCUT2D eigenvalue weighted by atomic mass is 10.2. The highest BCUT2D eigenvalue weighted by molar-refractivity contribution is 5.79. The zero-order chi connectivity index (χ0) is 18.2. The molecule has 1 aliphatic heterocycles. The van der Waals surface area contributed by atoms with E-state index in [0.29, 0.717) is 13.2 Å². The second kappa shape index (κ2) is 9.22. The maximum absolute atomic E-state index is 5.76. The van der Waals surface area contributed by atoms with E-state index >= 15 is 0 Å². The second-order valence-electron chi connectivity index (χ2n) is 6.48. The molecule has 1 aromatic heterocycles. The van der Waals surface area contributed by atoms with E-state index in [4.69, 9.17) is 4.74 Å². The maximum Gasteiger partial charge on any atom is 0.193 e. The van der Waals surface area contributed by atoms with Gasteiger partial charge in [-0.3, -0.25) is 4.99 Å². The number of nitrogens with one attached hydrogen (secondary N) is 1. The lowest BCUT2D eigenvalue weighted by Crippen LogP contribution is -2.40. The summed E-state index contributed by atoms with van der Waals surface area (Å²) in [6.45, 7) is 2.98. The largest absolute Gasteiger partial charge is 0.492 e. The molecule has 0 saturated carbocycles. The molecule has 0 radical (unpaired) electrons. The van der Waals surface area contributed by atoms with Crippen LogP contribution in [0.3, 0.4) is 0 Å². The molecule has 1 N–H and O–H groups in total. The van der Waals surface area contributed by atoms with Crippen LogP contribution >= 0.6 is 0 Å². The van der Waals surface area contributed by atoms with E-state index in [2.05, 4.69) is 30.0 Å². The monoisotopic (exact) mass is 356 g/mol. The predicted octanol–water partition coefficient (Wildman–Crippen LogP) is 2.09. The standard InChI is InChI=1S/C19H28N6O/c1-20-19(24(2)13-14-26-16-9-5-3-6-10-16)21-15-18-23-22-17-11-7-4-8-12-25(17)18/h3,5-6,9-10H,4,7-8,11-15H2,1-2H3,(H,20,21). The molecule has 0 unspecified atom stereocenters. The molecule has 0 atom stereocenters. The van der Waals surface area contributed by atoms with Crippen molar-refractivity contribution in [1.82, 2.24) is 25.0 Å². The van der Waals surface area contributed by atoms with E-state index < -0.39 is 0 Å². The van der Waals surface area contributed by atoms with E-state index in [-0.39, 0.29) is 0 Å². The van der Waals surface area contributed by atoms with Crippen LogP contribution in [0.25, 0.3) is 0 Å². The number of rotatable bonds is 6. The van der Waals surface area contributed by atoms with Gasteiger partial charge in [-0.25, -0.2) is 0 Å². The Labute approximate surface area is 155 Å². The normalized spacial score (nSPS) is 14.5. The zero-order valence-corrected chi connectivity index (χ0v) is 15.7. The van der Waals surface area contributed by atoms with Crippen molar-refractivity contribution in [2.24, 2.45) is 4.99 Å². The predicted molar refractivity (Wildman–Crippen MR) is 102 cm³/mol. The number of hydrogen-bond donors (Lipinski definition) is 1. The summed E-state index contributed by atoms with van der Waals surface area (Å²) in [5.41, 5.74) is 0. The van der Waals surface area contributed by atoms with Gasteiger partial charge in [0.25, 0.3) is 0 Å². The summed E-state index contributed by atoms with van der Waals surface area (Å²) in [7, 11) is 3.80. The third-order valence-electron chi connectivity index (χ3n) is 4.60. The van der Waals surface area contributed by atoms with Crippen molar-refractivity contribution in [1.29, 1.82) is 0 Å². The first-order chi connectivity index (χ1) is 12.8. The number of guanidine groups is 1. The Hall–Kier alpha value is -2.57. The number of ether oxygens (including phenoxy) is 1. The molecule has 3 rings (SSSR count). The summed E-state index contributed by atoms with van der Waals surface area (Å²) >= 11 is 0. The molecule has 7 nitrogen and oxygen atoms in total. The minimum atomic E-state index is 0.599. The van der Waals surface area contributed by atoms with Gasteiger partial charge in [-0.15, -0.1) is 10.2 Å². The van der Waals surface area contributed by atoms with Crippen LogP contribution < -0.4 is 10.1 Å². The van der Waals surface area contributed by atoms with Crippen LogP contribution in [-0.4, -0.2) is 52.9 Å². The van der Waals surface area contributed by atoms with Gasteiger partial charge >= 0.3 is 0 Å². The Morgan fingerprint density at radius 3 is 2.88 bits per heavy atom. The molecule has 2 heterocycles. The van der Waals surface area contributed by atoms with Gasteiger partial charge in [-0.1, -0.05) is 24.6 Å². The van der Waals surface area contributed by atoms with Crippen molar-refractivity contribution >= 4 is 5.96 Å². The van der Waals surface area contributed by atoms with Gasteiger partial charge in [0.2, 0.25) is 0 Å². The summed E-state index contributed by atoms with van der Waals surface area (Å²) in [5.74, 6) is 3.80. The van der Waals surface area contributed by atoms with Crippen molar-refractivity contribution in [3.05, 3.63) is 42.0 Å². The smallest absolute Gasteiger partial charge is 0.193 e. The van der Waals surface area contributed by atoms with Gasteiger partial charge in [0.1, 0.15) is 18.2 Å². The molecule has 0 saturated heterocycles. The van der Waals surface area contributed by atoms with Crippen LogP contribution in [0.15, 0.2) is 35.3 Å². The Kier molecular flexibility index (Phi) is 6.46. The van der Waals surface area contributed by atoms with Crippen LogP contribution in [0.1, 0.15) is 30.9 Å². The number of hydrogen-bond acceptors (Lipinski definition) is 4. The van der Waals surface area contributed by atoms with Crippen LogP contribution in [0.2, 0.25) is 0 Å². The lowest BCUT2D eigenvalue weighted by Gasteiger charge is -2.22. The second-order valence-corrected chi connectivity index (χ2v) is 6.48. The van der Waals surface area contributed by atoms with Crippen molar-refractivity contribution in [3.63, 3.8) is 0 Å². The first-order valence-electron chi connectivity index (χ1n) is 9.28. The zero-order valence-electron chi connectivity index (χ0n) is 15.7. The van der Waals surface area contributed by atoms with Gasteiger partial charge in [0.15, 0.2) is 11.8 Å². The SMILES string of the molecule is CN=C(NCc1nnc2n1CCCCC2)N(C)CCOc1ccccc1. The summed E-state index contributed by atoms with van der Waals surface area (Å²) in [5, 5.41) is 12.1. The Balaban J connectivity index is 1.49. The van der Waals surface area contributed by atoms with E-state index in [9.17, 15) is 0 Å². The van der Waals surface area contributed by atoms with E-state index in [1.165, 1.54) is 19.3 Å². The first-order valence-corrected chi connectivity index (χ1v) is 9.28. The molecular weight excluding hydrogens is 328 g/mol. The van der Waals surface area contributed by atoms with Gasteiger partial charge in [-0.2, -0.15) is 0 Å². The van der Waals surface area contributed by atoms with E-state index in [1.54, 1.807) is 7.05 Å². The molecule has 0 fully saturated rings. The number of para-hydroxylation sites is 1.